The number of nitrogens with one attached hydrogen (secondary N) is 10. The largest absolute Gasteiger partial charge is 0.508 e. The number of hydrogen-bond acceptors (Lipinski definition) is 20. The van der Waals surface area contributed by atoms with Crippen molar-refractivity contribution in [3.63, 3.8) is 0 Å². The monoisotopic (exact) mass is 1840 g/mol. The standard InChI is InChI=1S/C95H120N16O20S/c1-10-11-31-75-93(129)107(6)52-80(116)99-71(48-82(118)119)88(124)106-83(56(4)5)95(131)109(8)76(44-58-25-17-13-18-26-58)89(125)104-73(43-61-34-38-64(113)39-35-61)92(128)111-51-65(114)47-77(111)90(126)103-70(46-62-49-97-67-30-22-21-29-66(62)67)87(123)102-69(41-60-32-36-63(112)37-33-60)86(122)101-68(40-55(2)3)85(121)105-74(84(120)98-50-79(96)115)53-132-54-81(117)100-72(42-57-23-15-12-16-24-57)91(127)110(9)78(94(130)108(75)7)45-59-27-19-14-20-28-59/h12-30,32-39,49,55-56,65,68-78,83,97,112-114H,10-11,31,40-48,50-54H2,1-9H3,(H2,96,115)(H,98,120)(H,99,116)(H,100,117)(H,101,122)(H,102,123)(H,103,126)(H,104,125)(H,105,121)(H,106,124)(H,118,119)/t65-,68-,69-,70-,71-,72-,73-,74-,75-,76-,77+,78-,83-/m0/s1. The Morgan fingerprint density at radius 2 is 0.970 bits per heavy atom. The van der Waals surface area contributed by atoms with E-state index >= 15 is 47.9 Å². The second kappa shape index (κ2) is 48.8. The van der Waals surface area contributed by atoms with Gasteiger partial charge in [-0.25, -0.2) is 0 Å². The average Bonchev–Trinajstić information content (AvgIpc) is 1.57. The lowest BCUT2D eigenvalue weighted by molar-refractivity contribution is -0.151. The summed E-state index contributed by atoms with van der Waals surface area (Å²) in [5, 5.41) is 67.5. The van der Waals surface area contributed by atoms with Crippen molar-refractivity contribution < 1.29 is 97.1 Å². The number of primary amides is 1. The first-order chi connectivity index (χ1) is 62.9. The molecule has 2 fully saturated rings. The van der Waals surface area contributed by atoms with Crippen LogP contribution in [-0.2, 0) is 115 Å². The SMILES string of the molecule is CCCC[C@H]1C(=O)N(C)CC(=O)N[C@@H](CC(=O)O)C(=O)N[C@@H](C(C)C)C(=O)N(C)[C@@H](Cc2ccccc2)C(=O)N[C@@H](Cc2ccc(O)cc2)C(=O)N2C[C@@H](O)C[C@@H]2C(=O)N[C@@H](Cc2c[nH]c3ccccc23)C(=O)N[C@@H](Cc2ccc(O)cc2)C(=O)N[C@@H](CC(C)C)C(=O)N[C@H](C(=O)NCC(N)=O)CSCC(=O)N[C@@H](Cc2ccccc2)C(=O)N(C)[C@@H](Cc2ccccc2)C(=O)N1C. The molecule has 0 spiro atoms. The number of benzene rings is 6. The van der Waals surface area contributed by atoms with Crippen molar-refractivity contribution in [2.24, 2.45) is 17.6 Å². The number of thioether (sulfide) groups is 1. The van der Waals surface area contributed by atoms with Crippen LogP contribution in [-0.4, -0.2) is 282 Å². The predicted octanol–water partition coefficient (Wildman–Crippen LogP) is 1.83. The first-order valence-electron chi connectivity index (χ1n) is 43.9. The van der Waals surface area contributed by atoms with Crippen molar-refractivity contribution in [2.75, 3.05) is 59.3 Å². The van der Waals surface area contributed by atoms with Crippen LogP contribution in [0.5, 0.6) is 11.5 Å². The van der Waals surface area contributed by atoms with Gasteiger partial charge in [0.25, 0.3) is 0 Å². The van der Waals surface area contributed by atoms with Crippen LogP contribution >= 0.6 is 11.8 Å². The molecular weight excluding hydrogens is 1720 g/mol. The van der Waals surface area contributed by atoms with Gasteiger partial charge in [-0.15, -0.1) is 11.8 Å². The van der Waals surface area contributed by atoms with Gasteiger partial charge >= 0.3 is 5.97 Å². The number of aliphatic hydroxyl groups excluding tert-OH is 1. The molecule has 2 aliphatic rings. The van der Waals surface area contributed by atoms with E-state index < -0.39 is 223 Å². The molecule has 15 amide bonds. The summed E-state index contributed by atoms with van der Waals surface area (Å²) >= 11 is 0.822. The Labute approximate surface area is 769 Å². The summed E-state index contributed by atoms with van der Waals surface area (Å²) in [4.78, 5) is 246. The minimum absolute atomic E-state index is 0.0227. The quantitative estimate of drug-likeness (QED) is 0.0434. The van der Waals surface area contributed by atoms with E-state index in [0.29, 0.717) is 57.1 Å². The van der Waals surface area contributed by atoms with Crippen LogP contribution < -0.4 is 53.6 Å². The molecule has 16 N–H and O–H groups in total. The smallest absolute Gasteiger partial charge is 0.305 e. The number of unbranched alkanes of at least 4 members (excludes halogenated alkanes) is 1. The van der Waals surface area contributed by atoms with Gasteiger partial charge in [-0.2, -0.15) is 0 Å². The normalized spacial score (nSPS) is 23.2. The Hall–Kier alpha value is -13.7. The molecule has 7 aromatic rings. The number of aliphatic carboxylic acids is 1. The highest BCUT2D eigenvalue weighted by molar-refractivity contribution is 8.00. The summed E-state index contributed by atoms with van der Waals surface area (Å²) in [5.74, 6) is -17.9. The first kappa shape index (κ1) is 102. The third kappa shape index (κ3) is 29.4. The van der Waals surface area contributed by atoms with E-state index in [9.17, 15) is 49.2 Å². The second-order valence-electron chi connectivity index (χ2n) is 34.2. The van der Waals surface area contributed by atoms with Gasteiger partial charge < -0.3 is 103 Å². The van der Waals surface area contributed by atoms with Crippen molar-refractivity contribution in [1.82, 2.24) is 77.3 Å². The fourth-order valence-electron chi connectivity index (χ4n) is 15.9. The second-order valence-corrected chi connectivity index (χ2v) is 35.2. The molecule has 1 aromatic heterocycles. The van der Waals surface area contributed by atoms with Crippen LogP contribution in [0, 0.1) is 11.8 Å². The Morgan fingerprint density at radius 1 is 0.492 bits per heavy atom. The van der Waals surface area contributed by atoms with Gasteiger partial charge in [0.1, 0.15) is 84.0 Å². The number of likely N-dealkylation sites (N-methyl/N-ethyl adjacent to an activating group) is 4. The zero-order valence-electron chi connectivity index (χ0n) is 75.4. The molecule has 0 unspecified atom stereocenters. The highest BCUT2D eigenvalue weighted by Gasteiger charge is 2.46. The van der Waals surface area contributed by atoms with E-state index in [-0.39, 0.29) is 68.8 Å². The molecule has 9 rings (SSSR count). The van der Waals surface area contributed by atoms with Gasteiger partial charge in [-0.1, -0.05) is 181 Å². The van der Waals surface area contributed by atoms with Gasteiger partial charge in [0.05, 0.1) is 31.4 Å². The number of carboxylic acids is 1. The number of amides is 15. The summed E-state index contributed by atoms with van der Waals surface area (Å²) in [6.45, 7) is 6.40. The number of carboxylic acid groups (broad SMARTS) is 1. The molecule has 37 heteroatoms. The lowest BCUT2D eigenvalue weighted by Gasteiger charge is -2.37. The maximum absolute atomic E-state index is 15.8. The van der Waals surface area contributed by atoms with Gasteiger partial charge in [0.15, 0.2) is 0 Å². The number of aromatic hydroxyl groups is 2. The summed E-state index contributed by atoms with van der Waals surface area (Å²) < 4.78 is 0. The number of phenols is 2. The van der Waals surface area contributed by atoms with Gasteiger partial charge in [-0.3, -0.25) is 76.7 Å². The van der Waals surface area contributed by atoms with Crippen LogP contribution in [0.25, 0.3) is 10.9 Å². The van der Waals surface area contributed by atoms with Crippen LogP contribution in [0.1, 0.15) is 107 Å². The third-order valence-corrected chi connectivity index (χ3v) is 24.2. The number of nitrogens with two attached hydrogens (primary N) is 1. The molecule has 0 saturated carbocycles. The number of phenolic OH excluding ortho intramolecular Hbond substituents is 2. The molecule has 2 saturated heterocycles. The minimum Gasteiger partial charge on any atom is -0.508 e. The van der Waals surface area contributed by atoms with Crippen molar-refractivity contribution in [1.29, 1.82) is 0 Å². The maximum atomic E-state index is 15.8. The van der Waals surface area contributed by atoms with Crippen LogP contribution in [0.15, 0.2) is 170 Å². The number of nitrogens with zero attached hydrogens (tertiary/aromatic N) is 5. The lowest BCUT2D eigenvalue weighted by Crippen LogP contribution is -2.62. The predicted molar refractivity (Wildman–Crippen MR) is 491 cm³/mol. The fourth-order valence-corrected chi connectivity index (χ4v) is 16.8. The van der Waals surface area contributed by atoms with Crippen LogP contribution in [0.4, 0.5) is 0 Å². The molecule has 13 atom stereocenters. The number of carbonyl (C=O) groups is 16. The molecule has 706 valence electrons. The number of para-hydroxylation sites is 1. The summed E-state index contributed by atoms with van der Waals surface area (Å²) in [6, 6.07) is 25.0. The third-order valence-electron chi connectivity index (χ3n) is 23.2. The number of hydrogen-bond donors (Lipinski definition) is 15. The lowest BCUT2D eigenvalue weighted by atomic mass is 9.98. The van der Waals surface area contributed by atoms with Gasteiger partial charge in [0.2, 0.25) is 88.6 Å². The molecule has 36 nitrogen and oxygen atoms in total. The molecule has 0 radical (unpaired) electrons. The number of rotatable bonds is 23. The van der Waals surface area contributed by atoms with E-state index in [4.69, 9.17) is 5.73 Å². The van der Waals surface area contributed by atoms with Crippen molar-refractivity contribution >= 4 is 117 Å². The van der Waals surface area contributed by atoms with Crippen LogP contribution in [0.2, 0.25) is 0 Å². The summed E-state index contributed by atoms with van der Waals surface area (Å²) in [6.07, 6.45) is -1.99. The number of aromatic amines is 1. The Balaban J connectivity index is 1.13. The van der Waals surface area contributed by atoms with Gasteiger partial charge in [0, 0.05) is 103 Å². The molecule has 0 aliphatic carbocycles. The molecule has 132 heavy (non-hydrogen) atoms. The fraction of sp³-hybridized carbons (Fsp3) is 0.432. The molecule has 3 heterocycles. The average molecular weight is 1840 g/mol. The maximum Gasteiger partial charge on any atom is 0.305 e. The zero-order chi connectivity index (χ0) is 96.2. The molecular formula is C95H120N16O20S. The summed E-state index contributed by atoms with van der Waals surface area (Å²) in [5.41, 5.74) is 8.98. The van der Waals surface area contributed by atoms with Crippen LogP contribution in [0.3, 0.4) is 0 Å². The topological polar surface area (TPSA) is 520 Å². The van der Waals surface area contributed by atoms with E-state index in [1.807, 2.05) is 6.92 Å². The summed E-state index contributed by atoms with van der Waals surface area (Å²) in [7, 11) is 5.25. The van der Waals surface area contributed by atoms with E-state index in [1.54, 1.807) is 149 Å². The van der Waals surface area contributed by atoms with E-state index in [1.165, 1.54) is 86.5 Å². The minimum atomic E-state index is -1.92. The first-order valence-corrected chi connectivity index (χ1v) is 45.0. The van der Waals surface area contributed by atoms with Crippen molar-refractivity contribution in [3.05, 3.63) is 203 Å². The molecule has 6 aromatic carbocycles. The number of fused-ring (bicyclic) bond motifs is 2. The van der Waals surface area contributed by atoms with Gasteiger partial charge in [-0.05, 0) is 88.4 Å². The number of aromatic nitrogens is 1. The Morgan fingerprint density at radius 3 is 1.53 bits per heavy atom. The molecule has 0 bridgehead atoms. The van der Waals surface area contributed by atoms with E-state index in [0.717, 1.165) is 26.5 Å². The number of aliphatic hydroxyl groups is 1. The Bertz CT molecular complexity index is 5210. The van der Waals surface area contributed by atoms with E-state index in [2.05, 4.69) is 52.8 Å². The highest BCUT2D eigenvalue weighted by Crippen LogP contribution is 2.27. The van der Waals surface area contributed by atoms with Crippen molar-refractivity contribution in [3.8, 4) is 11.5 Å². The zero-order valence-corrected chi connectivity index (χ0v) is 76.2. The van der Waals surface area contributed by atoms with Crippen molar-refractivity contribution in [2.45, 2.75) is 190 Å². The Kier molecular flexibility index (Phi) is 37.7. The number of H-pyrrole nitrogens is 1. The number of carbonyl (C=O) groups excluding carboxylic acids is 15. The highest BCUT2D eigenvalue weighted by atomic mass is 32.2. The molecule has 2 aliphatic heterocycles.